The highest BCUT2D eigenvalue weighted by Gasteiger charge is 2.29. The number of methoxy groups -OCH3 is 2. The van der Waals surface area contributed by atoms with Gasteiger partial charge in [-0.3, -0.25) is 9.69 Å². The quantitative estimate of drug-likeness (QED) is 0.685. The minimum atomic E-state index is -0.178. The minimum Gasteiger partial charge on any atom is -0.493 e. The van der Waals surface area contributed by atoms with E-state index >= 15 is 0 Å². The molecule has 31 heavy (non-hydrogen) atoms. The van der Waals surface area contributed by atoms with Crippen LogP contribution in [0.3, 0.4) is 0 Å². The highest BCUT2D eigenvalue weighted by Crippen LogP contribution is 2.42. The number of hydrogen-bond donors (Lipinski definition) is 2. The lowest BCUT2D eigenvalue weighted by Gasteiger charge is -2.22. The summed E-state index contributed by atoms with van der Waals surface area (Å²) in [5, 5.41) is 6.26. The molecule has 3 rings (SSSR count). The molecule has 1 aliphatic heterocycles. The molecule has 0 radical (unpaired) electrons. The molecule has 0 saturated heterocycles. The van der Waals surface area contributed by atoms with Crippen molar-refractivity contribution >= 4 is 34.6 Å². The lowest BCUT2D eigenvalue weighted by molar-refractivity contribution is -0.110. The maximum absolute atomic E-state index is 12.8. The van der Waals surface area contributed by atoms with Gasteiger partial charge in [0.15, 0.2) is 11.5 Å². The van der Waals surface area contributed by atoms with Crippen LogP contribution >= 0.6 is 0 Å². The standard InChI is InChI=1S/C23H28N4O4/c1-7-17(24-14-8-10-15(11-9-14)27(4)23(29)26(2)3)21-16-12-19(30-5)20(31-6)13-18(16)25-22(21)28/h8-13,24H,7H2,1-6H3,(H,25,28)/b21-17-. The van der Waals surface area contributed by atoms with Crippen LogP contribution < -0.4 is 25.0 Å². The molecule has 0 bridgehead atoms. The van der Waals surface area contributed by atoms with Crippen LogP contribution in [0.4, 0.5) is 21.9 Å². The van der Waals surface area contributed by atoms with Gasteiger partial charge < -0.3 is 25.0 Å². The number of benzene rings is 2. The lowest BCUT2D eigenvalue weighted by Crippen LogP contribution is -2.36. The summed E-state index contributed by atoms with van der Waals surface area (Å²) in [5.74, 6) is 0.937. The number of fused-ring (bicyclic) bond motifs is 1. The number of rotatable bonds is 6. The zero-order valence-electron chi connectivity index (χ0n) is 18.7. The average molecular weight is 425 g/mol. The molecule has 164 valence electrons. The van der Waals surface area contributed by atoms with Gasteiger partial charge >= 0.3 is 6.03 Å². The number of hydrogen-bond acceptors (Lipinski definition) is 5. The number of urea groups is 1. The molecule has 0 aliphatic carbocycles. The average Bonchev–Trinajstić information content (AvgIpc) is 3.10. The first-order valence-corrected chi connectivity index (χ1v) is 9.93. The molecule has 0 saturated carbocycles. The minimum absolute atomic E-state index is 0.110. The van der Waals surface area contributed by atoms with Crippen LogP contribution in [0.15, 0.2) is 42.1 Å². The molecule has 0 unspecified atom stereocenters. The Morgan fingerprint density at radius 2 is 1.65 bits per heavy atom. The number of nitrogens with one attached hydrogen (secondary N) is 2. The first kappa shape index (κ1) is 22.0. The predicted molar refractivity (Wildman–Crippen MR) is 123 cm³/mol. The van der Waals surface area contributed by atoms with Gasteiger partial charge in [-0.1, -0.05) is 6.92 Å². The molecule has 8 heteroatoms. The molecular weight excluding hydrogens is 396 g/mol. The summed E-state index contributed by atoms with van der Waals surface area (Å²) in [4.78, 5) is 28.0. The predicted octanol–water partition coefficient (Wildman–Crippen LogP) is 4.01. The molecular formula is C23H28N4O4. The number of carbonyl (C=O) groups is 2. The van der Waals surface area contributed by atoms with E-state index < -0.39 is 0 Å². The smallest absolute Gasteiger partial charge is 0.323 e. The molecule has 0 atom stereocenters. The topological polar surface area (TPSA) is 83.1 Å². The highest BCUT2D eigenvalue weighted by molar-refractivity contribution is 6.32. The Labute approximate surface area is 182 Å². The van der Waals surface area contributed by atoms with Crippen molar-refractivity contribution in [1.29, 1.82) is 0 Å². The number of amides is 3. The highest BCUT2D eigenvalue weighted by atomic mass is 16.5. The summed E-state index contributed by atoms with van der Waals surface area (Å²) in [7, 11) is 8.28. The van der Waals surface area contributed by atoms with Crippen molar-refractivity contribution in [3.63, 3.8) is 0 Å². The van der Waals surface area contributed by atoms with Crippen LogP contribution in [0.2, 0.25) is 0 Å². The summed E-state index contributed by atoms with van der Waals surface area (Å²) in [6, 6.07) is 10.9. The van der Waals surface area contributed by atoms with Gasteiger partial charge in [0.25, 0.3) is 5.91 Å². The summed E-state index contributed by atoms with van der Waals surface area (Å²) in [6.45, 7) is 1.99. The van der Waals surface area contributed by atoms with E-state index in [1.54, 1.807) is 46.3 Å². The Morgan fingerprint density at radius 3 is 2.19 bits per heavy atom. The molecule has 2 aromatic carbocycles. The fourth-order valence-electron chi connectivity index (χ4n) is 3.48. The zero-order chi connectivity index (χ0) is 22.7. The second-order valence-electron chi connectivity index (χ2n) is 7.32. The Hall–Kier alpha value is -3.68. The van der Waals surface area contributed by atoms with Crippen molar-refractivity contribution in [2.24, 2.45) is 0 Å². The SMILES string of the molecule is CC/C(Nc1ccc(N(C)C(=O)N(C)C)cc1)=C1/C(=O)Nc2cc(OC)c(OC)cc21. The van der Waals surface area contributed by atoms with E-state index in [1.165, 1.54) is 4.90 Å². The summed E-state index contributed by atoms with van der Waals surface area (Å²) < 4.78 is 10.7. The Morgan fingerprint density at radius 1 is 1.03 bits per heavy atom. The van der Waals surface area contributed by atoms with Crippen molar-refractivity contribution < 1.29 is 19.1 Å². The summed E-state index contributed by atoms with van der Waals surface area (Å²) in [5.41, 5.74) is 4.40. The monoisotopic (exact) mass is 424 g/mol. The molecule has 2 N–H and O–H groups in total. The third-order valence-electron chi connectivity index (χ3n) is 5.14. The Kier molecular flexibility index (Phi) is 6.39. The van der Waals surface area contributed by atoms with Crippen molar-refractivity contribution in [3.05, 3.63) is 47.7 Å². The van der Waals surface area contributed by atoms with Gasteiger partial charge in [0, 0.05) is 49.8 Å². The fraction of sp³-hybridized carbons (Fsp3) is 0.304. The van der Waals surface area contributed by atoms with Crippen LogP contribution in [0.25, 0.3) is 5.57 Å². The van der Waals surface area contributed by atoms with Crippen LogP contribution in [-0.2, 0) is 4.79 Å². The van der Waals surface area contributed by atoms with Crippen LogP contribution in [0.1, 0.15) is 18.9 Å². The van der Waals surface area contributed by atoms with Gasteiger partial charge in [-0.05, 0) is 36.8 Å². The molecule has 0 spiro atoms. The third kappa shape index (κ3) is 4.28. The second-order valence-corrected chi connectivity index (χ2v) is 7.32. The number of allylic oxidation sites excluding steroid dienone is 1. The molecule has 0 aromatic heterocycles. The van der Waals surface area contributed by atoms with Crippen LogP contribution in [0, 0.1) is 0 Å². The molecule has 3 amide bonds. The van der Waals surface area contributed by atoms with E-state index in [9.17, 15) is 9.59 Å². The van der Waals surface area contributed by atoms with E-state index in [-0.39, 0.29) is 11.9 Å². The number of nitrogens with zero attached hydrogens (tertiary/aromatic N) is 2. The van der Waals surface area contributed by atoms with E-state index in [1.807, 2.05) is 37.3 Å². The van der Waals surface area contributed by atoms with Crippen molar-refractivity contribution in [3.8, 4) is 11.5 Å². The normalized spacial score (nSPS) is 13.8. The van der Waals surface area contributed by atoms with Crippen molar-refractivity contribution in [2.75, 3.05) is 50.9 Å². The van der Waals surface area contributed by atoms with Gasteiger partial charge in [-0.25, -0.2) is 4.79 Å². The Balaban J connectivity index is 1.93. The zero-order valence-corrected chi connectivity index (χ0v) is 18.7. The largest absolute Gasteiger partial charge is 0.493 e. The first-order chi connectivity index (χ1) is 14.8. The fourth-order valence-corrected chi connectivity index (χ4v) is 3.48. The van der Waals surface area contributed by atoms with Crippen LogP contribution in [-0.4, -0.2) is 52.2 Å². The van der Waals surface area contributed by atoms with Crippen molar-refractivity contribution in [1.82, 2.24) is 4.90 Å². The number of carbonyl (C=O) groups excluding carboxylic acids is 2. The lowest BCUT2D eigenvalue weighted by atomic mass is 10.0. The van der Waals surface area contributed by atoms with Gasteiger partial charge in [0.1, 0.15) is 0 Å². The second kappa shape index (κ2) is 8.99. The maximum Gasteiger partial charge on any atom is 0.323 e. The van der Waals surface area contributed by atoms with Gasteiger partial charge in [0.05, 0.1) is 25.5 Å². The molecule has 8 nitrogen and oxygen atoms in total. The Bertz CT molecular complexity index is 1030. The third-order valence-corrected chi connectivity index (χ3v) is 5.14. The van der Waals surface area contributed by atoms with Gasteiger partial charge in [-0.2, -0.15) is 0 Å². The van der Waals surface area contributed by atoms with Gasteiger partial charge in [-0.15, -0.1) is 0 Å². The molecule has 2 aromatic rings. The number of anilines is 3. The summed E-state index contributed by atoms with van der Waals surface area (Å²) in [6.07, 6.45) is 0.622. The van der Waals surface area contributed by atoms with E-state index in [2.05, 4.69) is 10.6 Å². The van der Waals surface area contributed by atoms with Crippen molar-refractivity contribution in [2.45, 2.75) is 13.3 Å². The van der Waals surface area contributed by atoms with E-state index in [4.69, 9.17) is 9.47 Å². The van der Waals surface area contributed by atoms with Crippen LogP contribution in [0.5, 0.6) is 11.5 Å². The van der Waals surface area contributed by atoms with E-state index in [0.717, 1.165) is 22.6 Å². The van der Waals surface area contributed by atoms with E-state index in [0.29, 0.717) is 29.2 Å². The molecule has 1 aliphatic rings. The first-order valence-electron chi connectivity index (χ1n) is 9.93. The summed E-state index contributed by atoms with van der Waals surface area (Å²) >= 11 is 0. The van der Waals surface area contributed by atoms with Gasteiger partial charge in [0.2, 0.25) is 0 Å². The molecule has 1 heterocycles. The molecule has 0 fully saturated rings. The number of ether oxygens (including phenoxy) is 2. The maximum atomic E-state index is 12.8.